The molecule has 3 nitrogen and oxygen atoms in total. The molecule has 0 N–H and O–H groups in total. The first-order valence-corrected chi connectivity index (χ1v) is 3.05. The van der Waals surface area contributed by atoms with E-state index in [0.29, 0.717) is 6.42 Å². The van der Waals surface area contributed by atoms with E-state index in [1.165, 1.54) is 0 Å². The van der Waals surface area contributed by atoms with Crippen LogP contribution in [0.3, 0.4) is 0 Å². The molecule has 1 aliphatic rings. The minimum Gasteiger partial charge on any atom is -0.436 e. The number of methoxy groups -OCH3 is 1. The average Bonchev–Trinajstić information content (AvgIpc) is 1.88. The molecule has 1 rings (SSSR count). The minimum atomic E-state index is -0.286. The molecule has 1 fully saturated rings. The zero-order chi connectivity index (χ0) is 6.69. The van der Waals surface area contributed by atoms with Gasteiger partial charge in [-0.05, 0) is 6.42 Å². The Morgan fingerprint density at radius 1 is 1.78 bits per heavy atom. The molecular formula is C6H10O3. The zero-order valence-corrected chi connectivity index (χ0v) is 5.42. The van der Waals surface area contributed by atoms with Gasteiger partial charge in [0.05, 0.1) is 0 Å². The van der Waals surface area contributed by atoms with E-state index in [1.54, 1.807) is 7.11 Å². The molecule has 1 unspecified atom stereocenters. The van der Waals surface area contributed by atoms with Crippen LogP contribution in [0.2, 0.25) is 0 Å². The Labute approximate surface area is 53.9 Å². The Hall–Kier alpha value is -0.570. The fraction of sp³-hybridized carbons (Fsp3) is 0.833. The van der Waals surface area contributed by atoms with Gasteiger partial charge < -0.3 is 9.47 Å². The fourth-order valence-electron chi connectivity index (χ4n) is 0.843. The lowest BCUT2D eigenvalue weighted by Crippen LogP contribution is -2.24. The Bertz CT molecular complexity index is 111. The monoisotopic (exact) mass is 130 g/mol. The third kappa shape index (κ3) is 1.68. The van der Waals surface area contributed by atoms with Crippen molar-refractivity contribution in [1.82, 2.24) is 0 Å². The number of carbonyl (C=O) groups is 1. The van der Waals surface area contributed by atoms with E-state index in [0.717, 1.165) is 12.8 Å². The van der Waals surface area contributed by atoms with Crippen LogP contribution in [0.5, 0.6) is 0 Å². The molecule has 1 heterocycles. The Balaban J connectivity index is 2.32. The van der Waals surface area contributed by atoms with E-state index in [-0.39, 0.29) is 12.3 Å². The zero-order valence-electron chi connectivity index (χ0n) is 5.42. The van der Waals surface area contributed by atoms with Crippen molar-refractivity contribution in [3.63, 3.8) is 0 Å². The van der Waals surface area contributed by atoms with Crippen molar-refractivity contribution in [3.05, 3.63) is 0 Å². The Morgan fingerprint density at radius 3 is 3.00 bits per heavy atom. The molecule has 3 heteroatoms. The summed E-state index contributed by atoms with van der Waals surface area (Å²) in [6.07, 6.45) is 1.98. The van der Waals surface area contributed by atoms with Crippen LogP contribution in [0.25, 0.3) is 0 Å². The maximum absolute atomic E-state index is 10.5. The second-order valence-corrected chi connectivity index (χ2v) is 2.05. The van der Waals surface area contributed by atoms with Crippen molar-refractivity contribution in [2.45, 2.75) is 25.6 Å². The van der Waals surface area contributed by atoms with Gasteiger partial charge in [0.25, 0.3) is 0 Å². The number of hydrogen-bond donors (Lipinski definition) is 0. The van der Waals surface area contributed by atoms with Crippen LogP contribution in [0.15, 0.2) is 0 Å². The first-order valence-electron chi connectivity index (χ1n) is 3.05. The number of cyclic esters (lactones) is 1. The summed E-state index contributed by atoms with van der Waals surface area (Å²) in [7, 11) is 1.54. The number of ether oxygens (including phenoxy) is 2. The maximum Gasteiger partial charge on any atom is 0.308 e. The second kappa shape index (κ2) is 2.82. The summed E-state index contributed by atoms with van der Waals surface area (Å²) in [4.78, 5) is 10.5. The Morgan fingerprint density at radius 2 is 2.56 bits per heavy atom. The van der Waals surface area contributed by atoms with Gasteiger partial charge in [-0.1, -0.05) is 0 Å². The van der Waals surface area contributed by atoms with E-state index in [4.69, 9.17) is 9.47 Å². The largest absolute Gasteiger partial charge is 0.436 e. The van der Waals surface area contributed by atoms with Gasteiger partial charge in [-0.3, -0.25) is 4.79 Å². The smallest absolute Gasteiger partial charge is 0.308 e. The fourth-order valence-corrected chi connectivity index (χ4v) is 0.843. The van der Waals surface area contributed by atoms with Crippen molar-refractivity contribution >= 4 is 5.97 Å². The predicted octanol–water partition coefficient (Wildman–Crippen LogP) is 0.686. The molecule has 0 aromatic heterocycles. The van der Waals surface area contributed by atoms with Crippen LogP contribution in [-0.2, 0) is 14.3 Å². The van der Waals surface area contributed by atoms with Crippen molar-refractivity contribution in [1.29, 1.82) is 0 Å². The maximum atomic E-state index is 10.5. The summed E-state index contributed by atoms with van der Waals surface area (Å²) in [6, 6.07) is 0. The average molecular weight is 130 g/mol. The highest BCUT2D eigenvalue weighted by molar-refractivity contribution is 5.69. The van der Waals surface area contributed by atoms with E-state index in [9.17, 15) is 4.79 Å². The van der Waals surface area contributed by atoms with E-state index in [2.05, 4.69) is 0 Å². The van der Waals surface area contributed by atoms with Crippen LogP contribution < -0.4 is 0 Å². The summed E-state index contributed by atoms with van der Waals surface area (Å²) in [6.45, 7) is 0. The molecule has 9 heavy (non-hydrogen) atoms. The summed E-state index contributed by atoms with van der Waals surface area (Å²) in [5.41, 5.74) is 0. The number of esters is 1. The molecule has 0 amide bonds. The molecule has 52 valence electrons. The number of carbonyl (C=O) groups excluding carboxylic acids is 1. The van der Waals surface area contributed by atoms with Crippen LogP contribution in [-0.4, -0.2) is 19.4 Å². The molecule has 0 radical (unpaired) electrons. The molecule has 0 aromatic rings. The molecule has 0 aromatic carbocycles. The van der Waals surface area contributed by atoms with E-state index in [1.807, 2.05) is 0 Å². The first-order chi connectivity index (χ1) is 4.33. The topological polar surface area (TPSA) is 35.5 Å². The van der Waals surface area contributed by atoms with Crippen LogP contribution in [0.4, 0.5) is 0 Å². The highest BCUT2D eigenvalue weighted by atomic mass is 16.7. The molecule has 0 spiro atoms. The van der Waals surface area contributed by atoms with Crippen molar-refractivity contribution in [2.75, 3.05) is 7.11 Å². The van der Waals surface area contributed by atoms with Gasteiger partial charge in [0.2, 0.25) is 6.29 Å². The van der Waals surface area contributed by atoms with Crippen molar-refractivity contribution < 1.29 is 14.3 Å². The van der Waals surface area contributed by atoms with Crippen molar-refractivity contribution in [2.24, 2.45) is 0 Å². The molecule has 1 atom stereocenters. The summed E-state index contributed by atoms with van der Waals surface area (Å²) >= 11 is 0. The molecule has 1 aliphatic heterocycles. The number of rotatable bonds is 1. The first kappa shape index (κ1) is 6.55. The Kier molecular flexibility index (Phi) is 2.05. The van der Waals surface area contributed by atoms with Crippen LogP contribution in [0.1, 0.15) is 19.3 Å². The van der Waals surface area contributed by atoms with E-state index < -0.39 is 0 Å². The summed E-state index contributed by atoms with van der Waals surface area (Å²) in [5.74, 6) is -0.145. The lowest BCUT2D eigenvalue weighted by molar-refractivity contribution is -0.182. The predicted molar refractivity (Wildman–Crippen MR) is 30.7 cm³/mol. The SMILES string of the molecule is COC1CCCC(=O)O1. The summed E-state index contributed by atoms with van der Waals surface area (Å²) in [5, 5.41) is 0. The lowest BCUT2D eigenvalue weighted by atomic mass is 10.2. The van der Waals surface area contributed by atoms with Crippen molar-refractivity contribution in [3.8, 4) is 0 Å². The molecule has 0 bridgehead atoms. The molecule has 0 aliphatic carbocycles. The van der Waals surface area contributed by atoms with Crippen LogP contribution in [0, 0.1) is 0 Å². The van der Waals surface area contributed by atoms with Gasteiger partial charge in [0.15, 0.2) is 0 Å². The van der Waals surface area contributed by atoms with Gasteiger partial charge >= 0.3 is 5.97 Å². The third-order valence-electron chi connectivity index (χ3n) is 1.35. The quantitative estimate of drug-likeness (QED) is 0.490. The third-order valence-corrected chi connectivity index (χ3v) is 1.35. The summed E-state index contributed by atoms with van der Waals surface area (Å²) < 4.78 is 9.59. The van der Waals surface area contributed by atoms with E-state index >= 15 is 0 Å². The highest BCUT2D eigenvalue weighted by Crippen LogP contribution is 2.13. The molecule has 1 saturated heterocycles. The van der Waals surface area contributed by atoms with Crippen LogP contribution >= 0.6 is 0 Å². The van der Waals surface area contributed by atoms with Gasteiger partial charge in [0, 0.05) is 20.0 Å². The van der Waals surface area contributed by atoms with Gasteiger partial charge in [-0.2, -0.15) is 0 Å². The van der Waals surface area contributed by atoms with Gasteiger partial charge in [-0.15, -0.1) is 0 Å². The lowest BCUT2D eigenvalue weighted by Gasteiger charge is -2.19. The van der Waals surface area contributed by atoms with Gasteiger partial charge in [-0.25, -0.2) is 0 Å². The second-order valence-electron chi connectivity index (χ2n) is 2.05. The van der Waals surface area contributed by atoms with Gasteiger partial charge in [0.1, 0.15) is 0 Å². The standard InChI is InChI=1S/C6H10O3/c1-8-6-4-2-3-5(7)9-6/h6H,2-4H2,1H3. The normalized spacial score (nSPS) is 27.7. The molecular weight excluding hydrogens is 120 g/mol. The number of hydrogen-bond acceptors (Lipinski definition) is 3. The highest BCUT2D eigenvalue weighted by Gasteiger charge is 2.18. The molecule has 0 saturated carbocycles. The minimum absolute atomic E-state index is 0.145.